The fourth-order valence-corrected chi connectivity index (χ4v) is 3.36. The standard InChI is InChI=1S/C17H19ClN2O3/c1-4-23-16(22)13-10-19-14(21)9-17(2,3)20(19)15(13)11-5-7-12(18)8-6-11/h5-8,10,15H,4,9H2,1-3H3. The Hall–Kier alpha value is -1.85. The molecule has 0 N–H and O–H groups in total. The number of benzene rings is 1. The largest absolute Gasteiger partial charge is 0.463 e. The van der Waals surface area contributed by atoms with E-state index in [2.05, 4.69) is 0 Å². The van der Waals surface area contributed by atoms with Crippen LogP contribution >= 0.6 is 11.6 Å². The molecule has 1 unspecified atom stereocenters. The van der Waals surface area contributed by atoms with Crippen molar-refractivity contribution in [3.63, 3.8) is 0 Å². The van der Waals surface area contributed by atoms with E-state index in [1.165, 1.54) is 0 Å². The summed E-state index contributed by atoms with van der Waals surface area (Å²) in [7, 11) is 0. The molecule has 2 heterocycles. The Morgan fingerprint density at radius 3 is 2.61 bits per heavy atom. The second-order valence-electron chi connectivity index (χ2n) is 6.33. The van der Waals surface area contributed by atoms with Crippen LogP contribution in [0.25, 0.3) is 0 Å². The minimum Gasteiger partial charge on any atom is -0.463 e. The molecule has 122 valence electrons. The zero-order valence-electron chi connectivity index (χ0n) is 13.4. The summed E-state index contributed by atoms with van der Waals surface area (Å²) in [4.78, 5) is 24.7. The smallest absolute Gasteiger partial charge is 0.337 e. The van der Waals surface area contributed by atoms with Crippen molar-refractivity contribution in [3.05, 3.63) is 46.6 Å². The van der Waals surface area contributed by atoms with Gasteiger partial charge in [-0.05, 0) is 38.5 Å². The van der Waals surface area contributed by atoms with Gasteiger partial charge in [0.1, 0.15) is 0 Å². The third-order valence-electron chi connectivity index (χ3n) is 4.19. The van der Waals surface area contributed by atoms with Gasteiger partial charge in [0.15, 0.2) is 0 Å². The van der Waals surface area contributed by atoms with Gasteiger partial charge in [0, 0.05) is 23.2 Å². The highest BCUT2D eigenvalue weighted by atomic mass is 35.5. The molecule has 23 heavy (non-hydrogen) atoms. The summed E-state index contributed by atoms with van der Waals surface area (Å²) in [5.41, 5.74) is 0.987. The zero-order chi connectivity index (χ0) is 16.8. The maximum absolute atomic E-state index is 12.4. The maximum Gasteiger partial charge on any atom is 0.337 e. The maximum atomic E-state index is 12.4. The van der Waals surface area contributed by atoms with Crippen molar-refractivity contribution in [1.82, 2.24) is 10.0 Å². The van der Waals surface area contributed by atoms with Gasteiger partial charge in [-0.1, -0.05) is 23.7 Å². The number of halogens is 1. The van der Waals surface area contributed by atoms with E-state index in [-0.39, 0.29) is 17.5 Å². The number of rotatable bonds is 3. The number of esters is 1. The van der Waals surface area contributed by atoms with Crippen LogP contribution in [0, 0.1) is 0 Å². The normalized spacial score (nSPS) is 23.0. The molecule has 2 aliphatic rings. The lowest BCUT2D eigenvalue weighted by Crippen LogP contribution is -2.44. The number of hydrogen-bond acceptors (Lipinski definition) is 4. The first-order valence-corrected chi connectivity index (χ1v) is 7.98. The number of hydrazine groups is 1. The van der Waals surface area contributed by atoms with Crippen molar-refractivity contribution >= 4 is 23.5 Å². The minimum absolute atomic E-state index is 0.0201. The Morgan fingerprint density at radius 1 is 1.35 bits per heavy atom. The highest BCUT2D eigenvalue weighted by molar-refractivity contribution is 6.30. The first kappa shape index (κ1) is 16.0. The Morgan fingerprint density at radius 2 is 2.00 bits per heavy atom. The van der Waals surface area contributed by atoms with Gasteiger partial charge in [0.05, 0.1) is 18.2 Å². The molecule has 0 radical (unpaired) electrons. The molecule has 6 heteroatoms. The Kier molecular flexibility index (Phi) is 3.94. The van der Waals surface area contributed by atoms with E-state index >= 15 is 0 Å². The van der Waals surface area contributed by atoms with Crippen molar-refractivity contribution in [1.29, 1.82) is 0 Å². The van der Waals surface area contributed by atoms with Crippen LogP contribution < -0.4 is 0 Å². The van der Waals surface area contributed by atoms with E-state index in [1.54, 1.807) is 30.3 Å². The van der Waals surface area contributed by atoms with Gasteiger partial charge in [-0.15, -0.1) is 0 Å². The van der Waals surface area contributed by atoms with Crippen molar-refractivity contribution in [2.45, 2.75) is 38.8 Å². The zero-order valence-corrected chi connectivity index (χ0v) is 14.1. The summed E-state index contributed by atoms with van der Waals surface area (Å²) >= 11 is 5.97. The molecular weight excluding hydrogens is 316 g/mol. The predicted octanol–water partition coefficient (Wildman–Crippen LogP) is 3.07. The summed E-state index contributed by atoms with van der Waals surface area (Å²) < 4.78 is 5.17. The molecular formula is C17H19ClN2O3. The topological polar surface area (TPSA) is 49.9 Å². The van der Waals surface area contributed by atoms with Crippen molar-refractivity contribution in [2.75, 3.05) is 6.61 Å². The van der Waals surface area contributed by atoms with Crippen LogP contribution in [0.15, 0.2) is 36.0 Å². The number of hydrogen-bond donors (Lipinski definition) is 0. The van der Waals surface area contributed by atoms with E-state index < -0.39 is 5.97 Å². The number of ether oxygens (including phenoxy) is 1. The van der Waals surface area contributed by atoms with Crippen LogP contribution in [0.3, 0.4) is 0 Å². The monoisotopic (exact) mass is 334 g/mol. The van der Waals surface area contributed by atoms with Gasteiger partial charge >= 0.3 is 5.97 Å². The molecule has 0 saturated carbocycles. The number of amides is 1. The number of carbonyl (C=O) groups is 2. The summed E-state index contributed by atoms with van der Waals surface area (Å²) in [6.45, 7) is 6.05. The van der Waals surface area contributed by atoms with E-state index in [4.69, 9.17) is 16.3 Å². The van der Waals surface area contributed by atoms with Crippen molar-refractivity contribution in [3.8, 4) is 0 Å². The van der Waals surface area contributed by atoms with Gasteiger partial charge in [0.2, 0.25) is 5.91 Å². The average Bonchev–Trinajstić information content (AvgIpc) is 2.98. The van der Waals surface area contributed by atoms with E-state index in [9.17, 15) is 9.59 Å². The number of nitrogens with zero attached hydrogens (tertiary/aromatic N) is 2. The van der Waals surface area contributed by atoms with Crippen LogP contribution in [-0.4, -0.2) is 34.0 Å². The lowest BCUT2D eigenvalue weighted by molar-refractivity contribution is -0.140. The van der Waals surface area contributed by atoms with Crippen LogP contribution in [0.4, 0.5) is 0 Å². The average molecular weight is 335 g/mol. The fourth-order valence-electron chi connectivity index (χ4n) is 3.23. The Balaban J connectivity index is 2.07. The molecule has 1 aromatic rings. The molecule has 1 fully saturated rings. The molecule has 3 rings (SSSR count). The van der Waals surface area contributed by atoms with E-state index in [0.717, 1.165) is 5.56 Å². The van der Waals surface area contributed by atoms with Crippen LogP contribution in [-0.2, 0) is 14.3 Å². The molecule has 0 aliphatic carbocycles. The van der Waals surface area contributed by atoms with Crippen LogP contribution in [0.2, 0.25) is 5.02 Å². The number of fused-ring (bicyclic) bond motifs is 1. The van der Waals surface area contributed by atoms with Gasteiger partial charge in [-0.25, -0.2) is 9.80 Å². The van der Waals surface area contributed by atoms with Gasteiger partial charge in [-0.3, -0.25) is 4.79 Å². The Labute approximate surface area is 140 Å². The highest BCUT2D eigenvalue weighted by Crippen LogP contribution is 2.46. The molecule has 0 bridgehead atoms. The molecule has 0 aromatic heterocycles. The highest BCUT2D eigenvalue weighted by Gasteiger charge is 2.53. The predicted molar refractivity (Wildman–Crippen MR) is 86.3 cm³/mol. The summed E-state index contributed by atoms with van der Waals surface area (Å²) in [6.07, 6.45) is 2.01. The van der Waals surface area contributed by atoms with Crippen molar-refractivity contribution < 1.29 is 14.3 Å². The molecule has 5 nitrogen and oxygen atoms in total. The van der Waals surface area contributed by atoms with Crippen molar-refractivity contribution in [2.24, 2.45) is 0 Å². The first-order chi connectivity index (χ1) is 10.8. The van der Waals surface area contributed by atoms with Gasteiger partial charge in [0.25, 0.3) is 0 Å². The molecule has 1 amide bonds. The molecule has 1 aromatic carbocycles. The molecule has 1 saturated heterocycles. The second-order valence-corrected chi connectivity index (χ2v) is 6.77. The summed E-state index contributed by atoms with van der Waals surface area (Å²) in [6, 6.07) is 6.97. The summed E-state index contributed by atoms with van der Waals surface area (Å²) in [5, 5.41) is 4.12. The summed E-state index contributed by atoms with van der Waals surface area (Å²) in [5.74, 6) is -0.418. The van der Waals surface area contributed by atoms with E-state index in [1.807, 2.05) is 31.0 Å². The lowest BCUT2D eigenvalue weighted by atomic mass is 9.93. The Bertz CT molecular complexity index is 682. The second kappa shape index (κ2) is 5.65. The molecule has 1 atom stereocenters. The third-order valence-corrected chi connectivity index (χ3v) is 4.44. The quantitative estimate of drug-likeness (QED) is 0.797. The van der Waals surface area contributed by atoms with Gasteiger partial charge in [-0.2, -0.15) is 5.01 Å². The molecule has 0 spiro atoms. The molecule has 2 aliphatic heterocycles. The lowest BCUT2D eigenvalue weighted by Gasteiger charge is -2.36. The number of carbonyl (C=O) groups excluding carboxylic acids is 2. The van der Waals surface area contributed by atoms with Crippen LogP contribution in [0.5, 0.6) is 0 Å². The van der Waals surface area contributed by atoms with E-state index in [0.29, 0.717) is 23.6 Å². The van der Waals surface area contributed by atoms with Crippen LogP contribution in [0.1, 0.15) is 38.8 Å². The first-order valence-electron chi connectivity index (χ1n) is 7.61. The fraction of sp³-hybridized carbons (Fsp3) is 0.412. The SMILES string of the molecule is CCOC(=O)C1=CN2C(=O)CC(C)(C)N2C1c1ccc(Cl)cc1. The third kappa shape index (κ3) is 2.64. The van der Waals surface area contributed by atoms with Gasteiger partial charge < -0.3 is 4.74 Å². The minimum atomic E-state index is -0.398.